The van der Waals surface area contributed by atoms with Crippen LogP contribution in [0.4, 0.5) is 0 Å². The quantitative estimate of drug-likeness (QED) is 0.879. The van der Waals surface area contributed by atoms with Crippen molar-refractivity contribution in [3.8, 4) is 0 Å². The maximum absolute atomic E-state index is 13.0. The van der Waals surface area contributed by atoms with Crippen molar-refractivity contribution in [1.29, 1.82) is 0 Å². The van der Waals surface area contributed by atoms with Crippen LogP contribution >= 0.6 is 0 Å². The number of nitrogens with zero attached hydrogens (tertiary/aromatic N) is 2. The van der Waals surface area contributed by atoms with Crippen LogP contribution in [0.2, 0.25) is 0 Å². The molecule has 1 aliphatic heterocycles. The molecule has 1 atom stereocenters. The first-order valence-electron chi connectivity index (χ1n) is 8.59. The molecule has 1 heterocycles. The first-order valence-corrected chi connectivity index (χ1v) is 8.59. The van der Waals surface area contributed by atoms with Gasteiger partial charge in [0.15, 0.2) is 0 Å². The number of carboxylic acid groups (broad SMARTS) is 1. The highest BCUT2D eigenvalue weighted by Crippen LogP contribution is 2.27. The molecule has 0 radical (unpaired) electrons. The summed E-state index contributed by atoms with van der Waals surface area (Å²) in [7, 11) is 1.74. The van der Waals surface area contributed by atoms with Gasteiger partial charge in [-0.15, -0.1) is 0 Å². The molecule has 0 saturated carbocycles. The van der Waals surface area contributed by atoms with E-state index in [1.807, 2.05) is 29.2 Å². The summed E-state index contributed by atoms with van der Waals surface area (Å²) < 4.78 is 5.72. The standard InChI is InChI=1S/C19H28N2O4/c1-19(2,3)16-8-6-5-7-15(16)18(24)21-9-10-25-14(12-21)11-20(4)13-17(22)23/h5-8,14H,9-13H2,1-4H3,(H,22,23)/t14-/m1/s1. The monoisotopic (exact) mass is 348 g/mol. The van der Waals surface area contributed by atoms with Gasteiger partial charge in [0, 0.05) is 25.2 Å². The first-order chi connectivity index (χ1) is 11.7. The molecule has 0 bridgehead atoms. The highest BCUT2D eigenvalue weighted by molar-refractivity contribution is 5.96. The largest absolute Gasteiger partial charge is 0.480 e. The van der Waals surface area contributed by atoms with Crippen LogP contribution in [0.1, 0.15) is 36.7 Å². The highest BCUT2D eigenvalue weighted by atomic mass is 16.5. The van der Waals surface area contributed by atoms with E-state index in [-0.39, 0.29) is 24.0 Å². The molecular weight excluding hydrogens is 320 g/mol. The molecule has 0 aromatic heterocycles. The fourth-order valence-corrected chi connectivity index (χ4v) is 3.15. The van der Waals surface area contributed by atoms with Gasteiger partial charge in [-0.1, -0.05) is 39.0 Å². The van der Waals surface area contributed by atoms with E-state index in [4.69, 9.17) is 9.84 Å². The van der Waals surface area contributed by atoms with Gasteiger partial charge in [-0.2, -0.15) is 0 Å². The van der Waals surface area contributed by atoms with Crippen molar-refractivity contribution < 1.29 is 19.4 Å². The van der Waals surface area contributed by atoms with Gasteiger partial charge in [-0.05, 0) is 24.1 Å². The molecule has 0 aliphatic carbocycles. The minimum Gasteiger partial charge on any atom is -0.480 e. The lowest BCUT2D eigenvalue weighted by atomic mass is 9.83. The van der Waals surface area contributed by atoms with E-state index >= 15 is 0 Å². The fraction of sp³-hybridized carbons (Fsp3) is 0.579. The summed E-state index contributed by atoms with van der Waals surface area (Å²) in [5, 5.41) is 8.86. The molecule has 1 aliphatic rings. The zero-order valence-corrected chi connectivity index (χ0v) is 15.5. The number of amides is 1. The third kappa shape index (κ3) is 5.28. The second-order valence-electron chi connectivity index (χ2n) is 7.63. The van der Waals surface area contributed by atoms with Crippen molar-refractivity contribution in [3.63, 3.8) is 0 Å². The minimum absolute atomic E-state index is 0.0136. The molecule has 1 saturated heterocycles. The topological polar surface area (TPSA) is 70.1 Å². The number of hydrogen-bond acceptors (Lipinski definition) is 4. The van der Waals surface area contributed by atoms with Gasteiger partial charge in [-0.3, -0.25) is 14.5 Å². The highest BCUT2D eigenvalue weighted by Gasteiger charge is 2.29. The fourth-order valence-electron chi connectivity index (χ4n) is 3.15. The number of aliphatic carboxylic acids is 1. The summed E-state index contributed by atoms with van der Waals surface area (Å²) in [6, 6.07) is 7.73. The lowest BCUT2D eigenvalue weighted by molar-refractivity contribution is -0.138. The van der Waals surface area contributed by atoms with Gasteiger partial charge in [-0.25, -0.2) is 0 Å². The number of likely N-dealkylation sites (N-methyl/N-ethyl adjacent to an activating group) is 1. The van der Waals surface area contributed by atoms with Crippen molar-refractivity contribution in [2.24, 2.45) is 0 Å². The molecule has 1 amide bonds. The van der Waals surface area contributed by atoms with Gasteiger partial charge < -0.3 is 14.7 Å². The van der Waals surface area contributed by atoms with Crippen LogP contribution in [0.25, 0.3) is 0 Å². The molecule has 1 fully saturated rings. The predicted molar refractivity (Wildman–Crippen MR) is 95.9 cm³/mol. The molecular formula is C19H28N2O4. The minimum atomic E-state index is -0.870. The summed E-state index contributed by atoms with van der Waals surface area (Å²) in [5.41, 5.74) is 1.65. The third-order valence-corrected chi connectivity index (χ3v) is 4.31. The lowest BCUT2D eigenvalue weighted by Crippen LogP contribution is -2.49. The number of morpholine rings is 1. The average Bonchev–Trinajstić information content (AvgIpc) is 2.52. The molecule has 1 N–H and O–H groups in total. The summed E-state index contributed by atoms with van der Waals surface area (Å²) in [4.78, 5) is 27.3. The average molecular weight is 348 g/mol. The summed E-state index contributed by atoms with van der Waals surface area (Å²) >= 11 is 0. The Balaban J connectivity index is 2.09. The molecule has 0 unspecified atom stereocenters. The maximum Gasteiger partial charge on any atom is 0.317 e. The van der Waals surface area contributed by atoms with Gasteiger partial charge in [0.2, 0.25) is 0 Å². The van der Waals surface area contributed by atoms with Crippen LogP contribution in [0.15, 0.2) is 24.3 Å². The summed E-state index contributed by atoms with van der Waals surface area (Å²) in [6.07, 6.45) is -0.177. The van der Waals surface area contributed by atoms with Crippen LogP contribution in [0.5, 0.6) is 0 Å². The van der Waals surface area contributed by atoms with E-state index in [1.54, 1.807) is 11.9 Å². The van der Waals surface area contributed by atoms with Crippen LogP contribution < -0.4 is 0 Å². The molecule has 6 heteroatoms. The maximum atomic E-state index is 13.0. The number of carbonyl (C=O) groups is 2. The number of ether oxygens (including phenoxy) is 1. The number of carbonyl (C=O) groups excluding carboxylic acids is 1. The lowest BCUT2D eigenvalue weighted by Gasteiger charge is -2.35. The summed E-state index contributed by atoms with van der Waals surface area (Å²) in [5.74, 6) is -0.856. The molecule has 2 rings (SSSR count). The van der Waals surface area contributed by atoms with E-state index in [1.165, 1.54) is 0 Å². The molecule has 1 aromatic carbocycles. The van der Waals surface area contributed by atoms with Crippen molar-refractivity contribution in [2.75, 3.05) is 39.8 Å². The van der Waals surface area contributed by atoms with Gasteiger partial charge in [0.05, 0.1) is 19.3 Å². The molecule has 138 valence electrons. The zero-order valence-electron chi connectivity index (χ0n) is 15.5. The Kier molecular flexibility index (Phi) is 6.19. The number of rotatable bonds is 5. The number of carboxylic acids is 1. The Hall–Kier alpha value is -1.92. The molecule has 25 heavy (non-hydrogen) atoms. The Bertz CT molecular complexity index is 624. The van der Waals surface area contributed by atoms with Crippen molar-refractivity contribution in [1.82, 2.24) is 9.80 Å². The first kappa shape index (κ1) is 19.4. The predicted octanol–water partition coefficient (Wildman–Crippen LogP) is 1.84. The van der Waals surface area contributed by atoms with Gasteiger partial charge in [0.1, 0.15) is 0 Å². The van der Waals surface area contributed by atoms with E-state index in [0.717, 1.165) is 11.1 Å². The normalized spacial score (nSPS) is 18.4. The third-order valence-electron chi connectivity index (χ3n) is 4.31. The number of benzene rings is 1. The molecule has 6 nitrogen and oxygen atoms in total. The van der Waals surface area contributed by atoms with Crippen LogP contribution in [-0.2, 0) is 14.9 Å². The van der Waals surface area contributed by atoms with Crippen LogP contribution in [-0.4, -0.2) is 72.7 Å². The summed E-state index contributed by atoms with van der Waals surface area (Å²) in [6.45, 7) is 8.23. The number of hydrogen-bond donors (Lipinski definition) is 1. The van der Waals surface area contributed by atoms with E-state index in [0.29, 0.717) is 26.2 Å². The SMILES string of the molecule is CN(CC(=O)O)C[C@@H]1CN(C(=O)c2ccccc2C(C)(C)C)CCO1. The smallest absolute Gasteiger partial charge is 0.317 e. The second-order valence-corrected chi connectivity index (χ2v) is 7.63. The van der Waals surface area contributed by atoms with E-state index in [9.17, 15) is 9.59 Å². The van der Waals surface area contributed by atoms with Crippen molar-refractivity contribution in [2.45, 2.75) is 32.3 Å². The van der Waals surface area contributed by atoms with Gasteiger partial charge >= 0.3 is 5.97 Å². The Morgan fingerprint density at radius 3 is 2.64 bits per heavy atom. The van der Waals surface area contributed by atoms with E-state index < -0.39 is 5.97 Å². The second kappa shape index (κ2) is 7.97. The Morgan fingerprint density at radius 2 is 2.00 bits per heavy atom. The van der Waals surface area contributed by atoms with Crippen molar-refractivity contribution in [3.05, 3.63) is 35.4 Å². The Labute approximate surface area is 149 Å². The van der Waals surface area contributed by atoms with Crippen LogP contribution in [0.3, 0.4) is 0 Å². The van der Waals surface area contributed by atoms with Crippen molar-refractivity contribution >= 4 is 11.9 Å². The molecule has 1 aromatic rings. The van der Waals surface area contributed by atoms with E-state index in [2.05, 4.69) is 20.8 Å². The van der Waals surface area contributed by atoms with Crippen LogP contribution in [0, 0.1) is 0 Å². The Morgan fingerprint density at radius 1 is 1.32 bits per heavy atom. The molecule has 0 spiro atoms. The van der Waals surface area contributed by atoms with Gasteiger partial charge in [0.25, 0.3) is 5.91 Å². The zero-order chi connectivity index (χ0) is 18.6.